The predicted molar refractivity (Wildman–Crippen MR) is 70.6 cm³/mol. The highest BCUT2D eigenvalue weighted by atomic mass is 32.2. The van der Waals surface area contributed by atoms with Gasteiger partial charge in [0.05, 0.1) is 6.42 Å². The summed E-state index contributed by atoms with van der Waals surface area (Å²) >= 11 is 0. The smallest absolute Gasteiger partial charge is 0.433 e. The first kappa shape index (κ1) is 18.4. The van der Waals surface area contributed by atoms with E-state index in [2.05, 4.69) is 9.71 Å². The number of carboxylic acids is 1. The summed E-state index contributed by atoms with van der Waals surface area (Å²) in [5.74, 6) is -1.18. The highest BCUT2D eigenvalue weighted by Gasteiger charge is 2.35. The highest BCUT2D eigenvalue weighted by molar-refractivity contribution is 7.89. The van der Waals surface area contributed by atoms with Gasteiger partial charge in [0, 0.05) is 12.2 Å². The number of pyridine rings is 1. The third-order valence-electron chi connectivity index (χ3n) is 2.87. The van der Waals surface area contributed by atoms with Crippen molar-refractivity contribution in [1.29, 1.82) is 0 Å². The molecular formula is C12H15F3N2O4S. The fourth-order valence-electron chi connectivity index (χ4n) is 1.76. The summed E-state index contributed by atoms with van der Waals surface area (Å²) in [7, 11) is -4.15. The zero-order valence-electron chi connectivity index (χ0n) is 11.8. The Kier molecular flexibility index (Phi) is 5.52. The van der Waals surface area contributed by atoms with Crippen LogP contribution < -0.4 is 4.72 Å². The van der Waals surface area contributed by atoms with Crippen molar-refractivity contribution in [2.45, 2.75) is 43.8 Å². The quantitative estimate of drug-likeness (QED) is 0.825. The van der Waals surface area contributed by atoms with E-state index in [1.54, 1.807) is 6.92 Å². The molecule has 22 heavy (non-hydrogen) atoms. The number of aromatic nitrogens is 1. The Labute approximate surface area is 125 Å². The molecule has 2 N–H and O–H groups in total. The van der Waals surface area contributed by atoms with Gasteiger partial charge in [0.2, 0.25) is 10.0 Å². The molecule has 0 radical (unpaired) electrons. The summed E-state index contributed by atoms with van der Waals surface area (Å²) in [4.78, 5) is 13.3. The van der Waals surface area contributed by atoms with Gasteiger partial charge in [-0.15, -0.1) is 0 Å². The molecule has 0 aliphatic carbocycles. The second-order valence-electron chi connectivity index (χ2n) is 4.66. The minimum Gasteiger partial charge on any atom is -0.481 e. The Hall–Kier alpha value is -1.68. The average Bonchev–Trinajstić information content (AvgIpc) is 2.35. The van der Waals surface area contributed by atoms with Gasteiger partial charge in [0.25, 0.3) is 0 Å². The van der Waals surface area contributed by atoms with Crippen LogP contribution in [0, 0.1) is 6.92 Å². The molecule has 0 spiro atoms. The van der Waals surface area contributed by atoms with Crippen LogP contribution >= 0.6 is 0 Å². The van der Waals surface area contributed by atoms with Crippen LogP contribution in [0.15, 0.2) is 17.2 Å². The minimum absolute atomic E-state index is 0.221. The number of aliphatic carboxylic acids is 1. The molecule has 6 nitrogen and oxygen atoms in total. The maximum atomic E-state index is 12.6. The van der Waals surface area contributed by atoms with Crippen LogP contribution in [0.4, 0.5) is 13.2 Å². The molecule has 1 aromatic rings. The Morgan fingerprint density at radius 1 is 1.45 bits per heavy atom. The number of halogens is 3. The van der Waals surface area contributed by atoms with Crippen LogP contribution in [0.3, 0.4) is 0 Å². The zero-order valence-corrected chi connectivity index (χ0v) is 12.6. The van der Waals surface area contributed by atoms with Gasteiger partial charge in [-0.3, -0.25) is 9.78 Å². The number of carbonyl (C=O) groups is 1. The Balaban J connectivity index is 3.08. The number of aryl methyl sites for hydroxylation is 1. The Morgan fingerprint density at radius 3 is 2.45 bits per heavy atom. The lowest BCUT2D eigenvalue weighted by Gasteiger charge is -2.16. The number of hydrogen-bond donors (Lipinski definition) is 2. The van der Waals surface area contributed by atoms with E-state index in [9.17, 15) is 26.4 Å². The van der Waals surface area contributed by atoms with Crippen molar-refractivity contribution < 1.29 is 31.5 Å². The van der Waals surface area contributed by atoms with Crippen molar-refractivity contribution in [3.05, 3.63) is 23.5 Å². The number of alkyl halides is 3. The molecule has 0 saturated heterocycles. The average molecular weight is 340 g/mol. The third kappa shape index (κ3) is 4.67. The van der Waals surface area contributed by atoms with E-state index < -0.39 is 45.2 Å². The second-order valence-corrected chi connectivity index (χ2v) is 6.37. The molecule has 0 unspecified atom stereocenters. The molecule has 1 atom stereocenters. The van der Waals surface area contributed by atoms with E-state index in [1.807, 2.05) is 0 Å². The van der Waals surface area contributed by atoms with Crippen molar-refractivity contribution in [2.75, 3.05) is 0 Å². The molecule has 0 fully saturated rings. The van der Waals surface area contributed by atoms with Crippen LogP contribution in [0.25, 0.3) is 0 Å². The van der Waals surface area contributed by atoms with Crippen molar-refractivity contribution in [3.8, 4) is 0 Å². The normalized spacial score (nSPS) is 13.9. The monoisotopic (exact) mass is 340 g/mol. The maximum Gasteiger partial charge on any atom is 0.433 e. The Morgan fingerprint density at radius 2 is 2.05 bits per heavy atom. The molecule has 0 saturated carbocycles. The minimum atomic E-state index is -4.67. The molecule has 0 aliphatic heterocycles. The van der Waals surface area contributed by atoms with Crippen molar-refractivity contribution in [1.82, 2.24) is 9.71 Å². The lowest BCUT2D eigenvalue weighted by atomic mass is 10.2. The van der Waals surface area contributed by atoms with Crippen LogP contribution in [-0.2, 0) is 21.0 Å². The topological polar surface area (TPSA) is 96.4 Å². The molecule has 1 heterocycles. The van der Waals surface area contributed by atoms with Crippen LogP contribution in [0.1, 0.15) is 31.0 Å². The van der Waals surface area contributed by atoms with Crippen LogP contribution in [0.5, 0.6) is 0 Å². The molecule has 0 aromatic carbocycles. The van der Waals surface area contributed by atoms with Gasteiger partial charge in [0.15, 0.2) is 0 Å². The number of nitrogens with one attached hydrogen (secondary N) is 1. The van der Waals surface area contributed by atoms with E-state index in [0.717, 1.165) is 13.0 Å². The maximum absolute atomic E-state index is 12.6. The van der Waals surface area contributed by atoms with E-state index in [0.29, 0.717) is 6.20 Å². The zero-order chi connectivity index (χ0) is 17.1. The van der Waals surface area contributed by atoms with Gasteiger partial charge < -0.3 is 5.11 Å². The van der Waals surface area contributed by atoms with Gasteiger partial charge in [-0.25, -0.2) is 13.1 Å². The first-order chi connectivity index (χ1) is 9.97. The van der Waals surface area contributed by atoms with Gasteiger partial charge in [-0.05, 0) is 25.0 Å². The van der Waals surface area contributed by atoms with Crippen LogP contribution in [-0.4, -0.2) is 30.5 Å². The highest BCUT2D eigenvalue weighted by Crippen LogP contribution is 2.30. The van der Waals surface area contributed by atoms with E-state index in [1.165, 1.54) is 0 Å². The first-order valence-electron chi connectivity index (χ1n) is 6.25. The van der Waals surface area contributed by atoms with E-state index in [4.69, 9.17) is 5.11 Å². The first-order valence-corrected chi connectivity index (χ1v) is 7.73. The van der Waals surface area contributed by atoms with Crippen molar-refractivity contribution in [3.63, 3.8) is 0 Å². The standard InChI is InChI=1S/C12H15F3N2O4S/c1-3-8(5-10(18)19)17-22(20,21)9-4-7(2)11(16-6-9)12(13,14)15/h4,6,8,17H,3,5H2,1-2H3,(H,18,19)/t8-/m0/s1. The van der Waals surface area contributed by atoms with Crippen molar-refractivity contribution in [2.24, 2.45) is 0 Å². The summed E-state index contributed by atoms with van der Waals surface area (Å²) in [6, 6.07) is -0.00357. The van der Waals surface area contributed by atoms with Gasteiger partial charge in [-0.1, -0.05) is 6.92 Å². The molecule has 1 aromatic heterocycles. The van der Waals surface area contributed by atoms with E-state index in [-0.39, 0.29) is 12.0 Å². The third-order valence-corrected chi connectivity index (χ3v) is 4.36. The SMILES string of the molecule is CC[C@@H](CC(=O)O)NS(=O)(=O)c1cnc(C(F)(F)F)c(C)c1. The molecule has 0 amide bonds. The lowest BCUT2D eigenvalue weighted by Crippen LogP contribution is -2.36. The number of sulfonamides is 1. The number of rotatable bonds is 6. The summed E-state index contributed by atoms with van der Waals surface area (Å²) in [5, 5.41) is 8.68. The summed E-state index contributed by atoms with van der Waals surface area (Å²) in [5.41, 5.74) is -1.49. The molecule has 1 rings (SSSR count). The second kappa shape index (κ2) is 6.61. The van der Waals surface area contributed by atoms with Gasteiger partial charge in [0.1, 0.15) is 10.6 Å². The number of hydrogen-bond acceptors (Lipinski definition) is 4. The molecule has 0 bridgehead atoms. The predicted octanol–water partition coefficient (Wildman–Crippen LogP) is 1.94. The fourth-order valence-corrected chi connectivity index (χ4v) is 3.11. The largest absolute Gasteiger partial charge is 0.481 e. The lowest BCUT2D eigenvalue weighted by molar-refractivity contribution is -0.141. The molecule has 0 aliphatic rings. The number of nitrogens with zero attached hydrogens (tertiary/aromatic N) is 1. The summed E-state index contributed by atoms with van der Waals surface area (Å²) < 4.78 is 64.1. The van der Waals surface area contributed by atoms with Gasteiger partial charge >= 0.3 is 12.1 Å². The molecule has 124 valence electrons. The summed E-state index contributed by atoms with van der Waals surface area (Å²) in [6.45, 7) is 2.69. The van der Waals surface area contributed by atoms with Gasteiger partial charge in [-0.2, -0.15) is 13.2 Å². The molecular weight excluding hydrogens is 325 g/mol. The fraction of sp³-hybridized carbons (Fsp3) is 0.500. The number of carboxylic acid groups (broad SMARTS) is 1. The Bertz CT molecular complexity index is 659. The van der Waals surface area contributed by atoms with E-state index >= 15 is 0 Å². The molecule has 10 heteroatoms. The summed E-state index contributed by atoms with van der Waals surface area (Å²) in [6.07, 6.45) is -4.28. The van der Waals surface area contributed by atoms with Crippen molar-refractivity contribution >= 4 is 16.0 Å². The van der Waals surface area contributed by atoms with Crippen LogP contribution in [0.2, 0.25) is 0 Å².